The van der Waals surface area contributed by atoms with Gasteiger partial charge in [0.05, 0.1) is 10.3 Å². The molecule has 0 amide bonds. The molecule has 0 aromatic heterocycles. The van der Waals surface area contributed by atoms with Crippen LogP contribution in [0.4, 0.5) is 11.4 Å². The summed E-state index contributed by atoms with van der Waals surface area (Å²) in [6, 6.07) is 11.5. The van der Waals surface area contributed by atoms with Gasteiger partial charge in [-0.25, -0.2) is 0 Å². The second kappa shape index (κ2) is 5.08. The van der Waals surface area contributed by atoms with Crippen molar-refractivity contribution in [3.63, 3.8) is 0 Å². The molecule has 0 saturated carbocycles. The molecule has 6 heteroatoms. The van der Waals surface area contributed by atoms with E-state index in [0.717, 1.165) is 11.3 Å². The molecular weight excluding hydrogens is 384 g/mol. The van der Waals surface area contributed by atoms with Crippen molar-refractivity contribution in [3.8, 4) is 5.75 Å². The van der Waals surface area contributed by atoms with Crippen LogP contribution in [0.2, 0.25) is 0 Å². The van der Waals surface area contributed by atoms with Crippen LogP contribution in [0, 0.1) is 10.1 Å². The zero-order chi connectivity index (χ0) is 18.0. The summed E-state index contributed by atoms with van der Waals surface area (Å²) in [6.45, 7) is 4.21. The SMILES string of the molecule is CN1c2ccccc2C(C)(C)[C@]12C=Cc1cc(Br)cc([N+](=O)[O-])c1O2. The number of rotatable bonds is 1. The Morgan fingerprint density at radius 3 is 2.64 bits per heavy atom. The normalized spacial score (nSPS) is 22.5. The minimum atomic E-state index is -0.817. The summed E-state index contributed by atoms with van der Waals surface area (Å²) >= 11 is 3.34. The average Bonchev–Trinajstić information content (AvgIpc) is 2.74. The van der Waals surface area contributed by atoms with E-state index in [4.69, 9.17) is 4.74 Å². The molecule has 2 aliphatic rings. The molecule has 2 aliphatic heterocycles. The largest absolute Gasteiger partial charge is 0.456 e. The van der Waals surface area contributed by atoms with E-state index in [0.29, 0.717) is 15.8 Å². The van der Waals surface area contributed by atoms with Crippen molar-refractivity contribution < 1.29 is 9.66 Å². The minimum absolute atomic E-state index is 0.0340. The maximum absolute atomic E-state index is 11.6. The van der Waals surface area contributed by atoms with Crippen LogP contribution < -0.4 is 9.64 Å². The zero-order valence-corrected chi connectivity index (χ0v) is 15.7. The second-order valence-electron chi connectivity index (χ2n) is 6.93. The highest BCUT2D eigenvalue weighted by atomic mass is 79.9. The van der Waals surface area contributed by atoms with Crippen molar-refractivity contribution >= 4 is 33.4 Å². The van der Waals surface area contributed by atoms with E-state index in [-0.39, 0.29) is 11.1 Å². The van der Waals surface area contributed by atoms with Gasteiger partial charge < -0.3 is 9.64 Å². The molecule has 0 radical (unpaired) electrons. The molecule has 0 aliphatic carbocycles. The van der Waals surface area contributed by atoms with Crippen molar-refractivity contribution in [2.75, 3.05) is 11.9 Å². The number of nitro groups is 1. The quantitative estimate of drug-likeness (QED) is 0.505. The Morgan fingerprint density at radius 2 is 1.96 bits per heavy atom. The van der Waals surface area contributed by atoms with Crippen molar-refractivity contribution in [1.29, 1.82) is 0 Å². The summed E-state index contributed by atoms with van der Waals surface area (Å²) in [5.41, 5.74) is 1.70. The van der Waals surface area contributed by atoms with Gasteiger partial charge in [-0.05, 0) is 43.7 Å². The minimum Gasteiger partial charge on any atom is -0.456 e. The molecule has 128 valence electrons. The average molecular weight is 401 g/mol. The first-order chi connectivity index (χ1) is 11.8. The van der Waals surface area contributed by atoms with Crippen LogP contribution in [0.3, 0.4) is 0 Å². The highest BCUT2D eigenvalue weighted by Gasteiger charge is 2.58. The molecule has 25 heavy (non-hydrogen) atoms. The number of nitro benzene ring substituents is 1. The number of ether oxygens (including phenoxy) is 1. The smallest absolute Gasteiger partial charge is 0.312 e. The lowest BCUT2D eigenvalue weighted by atomic mass is 9.76. The molecule has 1 atom stereocenters. The number of likely N-dealkylation sites (N-methyl/N-ethyl adjacent to an activating group) is 1. The Balaban J connectivity index is 1.93. The lowest BCUT2D eigenvalue weighted by Gasteiger charge is -2.45. The number of hydrogen-bond donors (Lipinski definition) is 0. The summed E-state index contributed by atoms with van der Waals surface area (Å²) in [5, 5.41) is 11.6. The summed E-state index contributed by atoms with van der Waals surface area (Å²) in [6.07, 6.45) is 3.92. The van der Waals surface area contributed by atoms with Crippen LogP contribution in [0.25, 0.3) is 6.08 Å². The first kappa shape index (κ1) is 16.1. The van der Waals surface area contributed by atoms with E-state index >= 15 is 0 Å². The standard InChI is InChI=1S/C19H17BrN2O3/c1-18(2)14-6-4-5-7-15(14)21(3)19(18)9-8-12-10-13(20)11-16(22(23)24)17(12)25-19/h4-11H,1-3H3/t19-/m1/s1. The third-order valence-electron chi connectivity index (χ3n) is 5.34. The fraction of sp³-hybridized carbons (Fsp3) is 0.263. The van der Waals surface area contributed by atoms with Gasteiger partial charge >= 0.3 is 5.69 Å². The fourth-order valence-corrected chi connectivity index (χ4v) is 4.43. The molecule has 2 heterocycles. The van der Waals surface area contributed by atoms with E-state index in [2.05, 4.69) is 46.8 Å². The van der Waals surface area contributed by atoms with E-state index in [9.17, 15) is 10.1 Å². The van der Waals surface area contributed by atoms with Crippen molar-refractivity contribution in [1.82, 2.24) is 0 Å². The first-order valence-electron chi connectivity index (χ1n) is 7.97. The van der Waals surface area contributed by atoms with Crippen LogP contribution in [0.15, 0.2) is 46.9 Å². The number of fused-ring (bicyclic) bond motifs is 2. The Hall–Kier alpha value is -2.34. The van der Waals surface area contributed by atoms with Crippen LogP contribution in [-0.2, 0) is 5.41 Å². The Labute approximate surface area is 154 Å². The molecule has 0 fully saturated rings. The maximum Gasteiger partial charge on any atom is 0.312 e. The summed E-state index contributed by atoms with van der Waals surface area (Å²) < 4.78 is 7.07. The first-order valence-corrected chi connectivity index (χ1v) is 8.77. The molecule has 0 saturated heterocycles. The highest BCUT2D eigenvalue weighted by molar-refractivity contribution is 9.10. The predicted octanol–water partition coefficient (Wildman–Crippen LogP) is 4.89. The van der Waals surface area contributed by atoms with Gasteiger partial charge in [0, 0.05) is 28.8 Å². The van der Waals surface area contributed by atoms with Crippen LogP contribution in [0.1, 0.15) is 25.0 Å². The third-order valence-corrected chi connectivity index (χ3v) is 5.80. The number of hydrogen-bond acceptors (Lipinski definition) is 4. The van der Waals surface area contributed by atoms with E-state index in [1.54, 1.807) is 0 Å². The molecule has 1 spiro atoms. The number of benzene rings is 2. The third kappa shape index (κ3) is 2.00. The van der Waals surface area contributed by atoms with Crippen molar-refractivity contribution in [2.45, 2.75) is 25.0 Å². The fourth-order valence-electron chi connectivity index (χ4n) is 3.96. The van der Waals surface area contributed by atoms with Crippen molar-refractivity contribution in [2.24, 2.45) is 0 Å². The Morgan fingerprint density at radius 1 is 1.24 bits per heavy atom. The van der Waals surface area contributed by atoms with Gasteiger partial charge in [0.25, 0.3) is 0 Å². The van der Waals surface area contributed by atoms with Crippen molar-refractivity contribution in [3.05, 3.63) is 68.2 Å². The van der Waals surface area contributed by atoms with Gasteiger partial charge in [-0.15, -0.1) is 0 Å². The number of para-hydroxylation sites is 1. The number of halogens is 1. The molecule has 5 nitrogen and oxygen atoms in total. The lowest BCUT2D eigenvalue weighted by Crippen LogP contribution is -2.58. The predicted molar refractivity (Wildman–Crippen MR) is 101 cm³/mol. The van der Waals surface area contributed by atoms with Crippen LogP contribution >= 0.6 is 15.9 Å². The van der Waals surface area contributed by atoms with Crippen LogP contribution in [0.5, 0.6) is 5.75 Å². The van der Waals surface area contributed by atoms with E-state index in [1.807, 2.05) is 37.4 Å². The topological polar surface area (TPSA) is 55.6 Å². The van der Waals surface area contributed by atoms with Gasteiger partial charge in [-0.3, -0.25) is 10.1 Å². The van der Waals surface area contributed by atoms with Crippen LogP contribution in [-0.4, -0.2) is 17.7 Å². The van der Waals surface area contributed by atoms with Gasteiger partial charge in [-0.1, -0.05) is 34.1 Å². The molecule has 2 aromatic rings. The lowest BCUT2D eigenvalue weighted by molar-refractivity contribution is -0.386. The second-order valence-corrected chi connectivity index (χ2v) is 7.85. The Bertz CT molecular complexity index is 938. The Kier molecular flexibility index (Phi) is 3.28. The molecule has 0 unspecified atom stereocenters. The summed E-state index contributed by atoms with van der Waals surface area (Å²) in [7, 11) is 1.97. The van der Waals surface area contributed by atoms with E-state index < -0.39 is 10.6 Å². The van der Waals surface area contributed by atoms with Gasteiger partial charge in [0.15, 0.2) is 0 Å². The number of anilines is 1. The molecule has 0 bridgehead atoms. The number of nitrogens with zero attached hydrogens (tertiary/aromatic N) is 2. The molecule has 4 rings (SSSR count). The zero-order valence-electron chi connectivity index (χ0n) is 14.1. The van der Waals surface area contributed by atoms with Gasteiger partial charge in [0.2, 0.25) is 11.5 Å². The van der Waals surface area contributed by atoms with E-state index in [1.165, 1.54) is 6.07 Å². The maximum atomic E-state index is 11.6. The summed E-state index contributed by atoms with van der Waals surface area (Å²) in [5.74, 6) is 0.309. The molecule has 0 N–H and O–H groups in total. The highest BCUT2D eigenvalue weighted by Crippen LogP contribution is 2.55. The monoisotopic (exact) mass is 400 g/mol. The summed E-state index contributed by atoms with van der Waals surface area (Å²) in [4.78, 5) is 13.2. The van der Waals surface area contributed by atoms with Gasteiger partial charge in [-0.2, -0.15) is 0 Å². The van der Waals surface area contributed by atoms with Gasteiger partial charge in [0.1, 0.15) is 0 Å². The molecule has 2 aromatic carbocycles. The molecular formula is C19H17BrN2O3.